The Morgan fingerprint density at radius 2 is 1.64 bits per heavy atom. The molecule has 28 heavy (non-hydrogen) atoms. The summed E-state index contributed by atoms with van der Waals surface area (Å²) in [7, 11) is 0. The quantitative estimate of drug-likeness (QED) is 0.670. The van der Waals surface area contributed by atoms with Gasteiger partial charge in [-0.15, -0.1) is 0 Å². The van der Waals surface area contributed by atoms with Crippen molar-refractivity contribution < 1.29 is 4.79 Å². The van der Waals surface area contributed by atoms with E-state index in [0.717, 1.165) is 17.7 Å². The Kier molecular flexibility index (Phi) is 5.93. The molecule has 2 aromatic carbocycles. The lowest BCUT2D eigenvalue weighted by Gasteiger charge is -2.15. The van der Waals surface area contributed by atoms with E-state index in [9.17, 15) is 9.59 Å². The van der Waals surface area contributed by atoms with E-state index < -0.39 is 0 Å². The lowest BCUT2D eigenvalue weighted by molar-refractivity contribution is 0.102. The van der Waals surface area contributed by atoms with Gasteiger partial charge >= 0.3 is 0 Å². The van der Waals surface area contributed by atoms with Gasteiger partial charge in [-0.25, -0.2) is 4.68 Å². The molecule has 5 nitrogen and oxygen atoms in total. The summed E-state index contributed by atoms with van der Waals surface area (Å²) in [5, 5.41) is 8.52. The molecule has 1 N–H and O–H groups in total. The summed E-state index contributed by atoms with van der Waals surface area (Å²) >= 11 is 0. The summed E-state index contributed by atoms with van der Waals surface area (Å²) in [5.41, 5.74) is 1.95. The monoisotopic (exact) mass is 377 g/mol. The van der Waals surface area contributed by atoms with Gasteiger partial charge in [-0.05, 0) is 36.0 Å². The van der Waals surface area contributed by atoms with E-state index in [1.807, 2.05) is 36.4 Å². The van der Waals surface area contributed by atoms with E-state index >= 15 is 0 Å². The first kappa shape index (κ1) is 19.8. The maximum absolute atomic E-state index is 13.1. The summed E-state index contributed by atoms with van der Waals surface area (Å²) in [4.78, 5) is 25.9. The van der Waals surface area contributed by atoms with Crippen LogP contribution in [0.4, 0.5) is 5.69 Å². The molecule has 0 saturated heterocycles. The number of rotatable bonds is 6. The van der Waals surface area contributed by atoms with Gasteiger partial charge in [0, 0.05) is 17.6 Å². The van der Waals surface area contributed by atoms with Crippen LogP contribution in [-0.2, 0) is 6.54 Å². The van der Waals surface area contributed by atoms with E-state index in [-0.39, 0.29) is 23.1 Å². The highest BCUT2D eigenvalue weighted by Gasteiger charge is 2.18. The number of carbonyl (C=O) groups is 1. The van der Waals surface area contributed by atoms with Crippen LogP contribution >= 0.6 is 0 Å². The molecule has 0 atom stereocenters. The van der Waals surface area contributed by atoms with Crippen LogP contribution in [0, 0.1) is 5.92 Å². The van der Waals surface area contributed by atoms with E-state index in [2.05, 4.69) is 38.1 Å². The topological polar surface area (TPSA) is 64.0 Å². The maximum Gasteiger partial charge on any atom is 0.276 e. The van der Waals surface area contributed by atoms with Gasteiger partial charge in [-0.2, -0.15) is 5.10 Å². The molecule has 1 amide bonds. The van der Waals surface area contributed by atoms with Crippen LogP contribution in [0.1, 0.15) is 56.1 Å². The number of nitrogens with zero attached hydrogens (tertiary/aromatic N) is 2. The van der Waals surface area contributed by atoms with Gasteiger partial charge in [0.15, 0.2) is 5.69 Å². The molecule has 0 radical (unpaired) electrons. The molecule has 3 rings (SSSR count). The van der Waals surface area contributed by atoms with Crippen LogP contribution in [0.15, 0.2) is 53.3 Å². The number of aromatic nitrogens is 2. The van der Waals surface area contributed by atoms with Crippen LogP contribution in [0.5, 0.6) is 0 Å². The first-order chi connectivity index (χ1) is 13.4. The average Bonchev–Trinajstić information content (AvgIpc) is 2.67. The van der Waals surface area contributed by atoms with Crippen molar-refractivity contribution in [3.05, 3.63) is 70.1 Å². The number of nitrogens with one attached hydrogen (secondary N) is 1. The lowest BCUT2D eigenvalue weighted by atomic mass is 10.0. The van der Waals surface area contributed by atoms with Crippen LogP contribution in [-0.4, -0.2) is 15.7 Å². The Morgan fingerprint density at radius 3 is 2.32 bits per heavy atom. The van der Waals surface area contributed by atoms with Crippen LogP contribution < -0.4 is 10.9 Å². The fraction of sp³-hybridized carbons (Fsp3) is 0.348. The van der Waals surface area contributed by atoms with Gasteiger partial charge in [-0.1, -0.05) is 64.1 Å². The fourth-order valence-electron chi connectivity index (χ4n) is 3.23. The normalized spacial score (nSPS) is 11.4. The molecule has 5 heteroatoms. The summed E-state index contributed by atoms with van der Waals surface area (Å²) in [6, 6.07) is 14.9. The number of anilines is 1. The third-order valence-electron chi connectivity index (χ3n) is 4.83. The minimum atomic E-state index is -0.303. The molecule has 0 fully saturated rings. The molecule has 0 saturated carbocycles. The van der Waals surface area contributed by atoms with Gasteiger partial charge in [0.05, 0.1) is 5.39 Å². The van der Waals surface area contributed by atoms with E-state index in [0.29, 0.717) is 23.2 Å². The predicted molar refractivity (Wildman–Crippen MR) is 114 cm³/mol. The summed E-state index contributed by atoms with van der Waals surface area (Å²) in [6.07, 6.45) is 0.822. The number of fused-ring (bicyclic) bond motifs is 1. The predicted octanol–water partition coefficient (Wildman–Crippen LogP) is 4.82. The van der Waals surface area contributed by atoms with E-state index in [4.69, 9.17) is 0 Å². The number of benzene rings is 2. The van der Waals surface area contributed by atoms with Crippen LogP contribution in [0.3, 0.4) is 0 Å². The molecular weight excluding hydrogens is 350 g/mol. The lowest BCUT2D eigenvalue weighted by Crippen LogP contribution is -2.28. The van der Waals surface area contributed by atoms with Gasteiger partial charge in [0.2, 0.25) is 0 Å². The van der Waals surface area contributed by atoms with Crippen molar-refractivity contribution in [2.24, 2.45) is 5.92 Å². The minimum absolute atomic E-state index is 0.157. The molecule has 0 spiro atoms. The second-order valence-corrected chi connectivity index (χ2v) is 7.80. The van der Waals surface area contributed by atoms with Gasteiger partial charge < -0.3 is 5.32 Å². The van der Waals surface area contributed by atoms with Gasteiger partial charge in [-0.3, -0.25) is 9.59 Å². The zero-order chi connectivity index (χ0) is 20.3. The first-order valence-corrected chi connectivity index (χ1v) is 9.78. The Morgan fingerprint density at radius 1 is 1.00 bits per heavy atom. The standard InChI is InChI=1S/C23H27N3O2/c1-15(2)13-14-26-23(28)19-11-6-5-10-18(19)21(25-26)22(27)24-20-12-8-7-9-17(20)16(3)4/h5-12,15-16H,13-14H2,1-4H3,(H,24,27). The minimum Gasteiger partial charge on any atom is -0.320 e. The third kappa shape index (κ3) is 4.14. The maximum atomic E-state index is 13.1. The zero-order valence-corrected chi connectivity index (χ0v) is 16.9. The van der Waals surface area contributed by atoms with Crippen molar-refractivity contribution >= 4 is 22.4 Å². The summed E-state index contributed by atoms with van der Waals surface area (Å²) in [5.74, 6) is 0.416. The fourth-order valence-corrected chi connectivity index (χ4v) is 3.23. The number of amides is 1. The molecule has 3 aromatic rings. The van der Waals surface area contributed by atoms with Crippen molar-refractivity contribution in [1.29, 1.82) is 0 Å². The molecule has 0 bridgehead atoms. The molecule has 1 aromatic heterocycles. The molecule has 1 heterocycles. The van der Waals surface area contributed by atoms with Gasteiger partial charge in [0.25, 0.3) is 11.5 Å². The smallest absolute Gasteiger partial charge is 0.276 e. The largest absolute Gasteiger partial charge is 0.320 e. The van der Waals surface area contributed by atoms with Gasteiger partial charge in [0.1, 0.15) is 0 Å². The summed E-state index contributed by atoms with van der Waals surface area (Å²) in [6.45, 7) is 8.87. The molecule has 146 valence electrons. The molecule has 0 aliphatic rings. The Hall–Kier alpha value is -2.95. The second kappa shape index (κ2) is 8.38. The zero-order valence-electron chi connectivity index (χ0n) is 16.9. The number of aryl methyl sites for hydroxylation is 1. The summed E-state index contributed by atoms with van der Waals surface area (Å²) < 4.78 is 1.42. The number of hydrogen-bond donors (Lipinski definition) is 1. The van der Waals surface area contributed by atoms with Crippen LogP contribution in [0.25, 0.3) is 10.8 Å². The van der Waals surface area contributed by atoms with Crippen molar-refractivity contribution in [1.82, 2.24) is 9.78 Å². The highest BCUT2D eigenvalue weighted by Crippen LogP contribution is 2.24. The van der Waals surface area contributed by atoms with Crippen molar-refractivity contribution in [2.75, 3.05) is 5.32 Å². The third-order valence-corrected chi connectivity index (χ3v) is 4.83. The highest BCUT2D eigenvalue weighted by atomic mass is 16.2. The number of carbonyl (C=O) groups excluding carboxylic acids is 1. The Labute approximate surface area is 165 Å². The van der Waals surface area contributed by atoms with Crippen molar-refractivity contribution in [2.45, 2.75) is 46.6 Å². The second-order valence-electron chi connectivity index (χ2n) is 7.80. The number of hydrogen-bond acceptors (Lipinski definition) is 3. The molecule has 0 aliphatic carbocycles. The molecule has 0 aliphatic heterocycles. The SMILES string of the molecule is CC(C)CCn1nc(C(=O)Nc2ccccc2C(C)C)c2ccccc2c1=O. The van der Waals surface area contributed by atoms with Crippen molar-refractivity contribution in [3.8, 4) is 0 Å². The Balaban J connectivity index is 2.05. The molecular formula is C23H27N3O2. The highest BCUT2D eigenvalue weighted by molar-refractivity contribution is 6.11. The van der Waals surface area contributed by atoms with Crippen LogP contribution in [0.2, 0.25) is 0 Å². The average molecular weight is 377 g/mol. The van der Waals surface area contributed by atoms with Crippen molar-refractivity contribution in [3.63, 3.8) is 0 Å². The van der Waals surface area contributed by atoms with E-state index in [1.165, 1.54) is 4.68 Å². The Bertz CT molecular complexity index is 1050. The first-order valence-electron chi connectivity index (χ1n) is 9.78. The molecule has 0 unspecified atom stereocenters. The number of para-hydroxylation sites is 1. The van der Waals surface area contributed by atoms with E-state index in [1.54, 1.807) is 12.1 Å².